The fourth-order valence-electron chi connectivity index (χ4n) is 2.10. The largest absolute Gasteiger partial charge is 0.396 e. The lowest BCUT2D eigenvalue weighted by Crippen LogP contribution is -2.29. The molecule has 0 saturated heterocycles. The summed E-state index contributed by atoms with van der Waals surface area (Å²) >= 11 is 0. The van der Waals surface area contributed by atoms with Gasteiger partial charge >= 0.3 is 0 Å². The normalized spacial score (nSPS) is 16.2. The van der Waals surface area contributed by atoms with Crippen LogP contribution in [-0.2, 0) is 9.59 Å². The monoisotopic (exact) mass is 308 g/mol. The maximum atomic E-state index is 11.2. The van der Waals surface area contributed by atoms with Crippen molar-refractivity contribution in [2.24, 2.45) is 5.41 Å². The van der Waals surface area contributed by atoms with Gasteiger partial charge < -0.3 is 15.3 Å². The number of carbonyl (C=O) groups is 2. The van der Waals surface area contributed by atoms with Gasteiger partial charge in [0, 0.05) is 18.3 Å². The van der Waals surface area contributed by atoms with Gasteiger partial charge in [-0.05, 0) is 11.5 Å². The average molecular weight is 308 g/mol. The molecular formula is C17H24O5. The third kappa shape index (κ3) is 5.67. The van der Waals surface area contributed by atoms with Crippen LogP contribution in [0.5, 0.6) is 0 Å². The smallest absolute Gasteiger partial charge is 0.140 e. The fraction of sp³-hybridized carbons (Fsp3) is 0.529. The van der Waals surface area contributed by atoms with E-state index in [4.69, 9.17) is 15.3 Å². The molecule has 1 aromatic rings. The second-order valence-electron chi connectivity index (χ2n) is 6.05. The molecule has 122 valence electrons. The summed E-state index contributed by atoms with van der Waals surface area (Å²) in [4.78, 5) is 22.5. The van der Waals surface area contributed by atoms with Gasteiger partial charge in [0.05, 0.1) is 26.2 Å². The lowest BCUT2D eigenvalue weighted by molar-refractivity contribution is -0.130. The number of carbonyl (C=O) groups excluding carboxylic acids is 2. The first-order valence-corrected chi connectivity index (χ1v) is 7.35. The average Bonchev–Trinajstić information content (AvgIpc) is 2.55. The Morgan fingerprint density at radius 2 is 1.41 bits per heavy atom. The van der Waals surface area contributed by atoms with Gasteiger partial charge in [-0.1, -0.05) is 37.3 Å². The van der Waals surface area contributed by atoms with Gasteiger partial charge in [0.1, 0.15) is 11.6 Å². The van der Waals surface area contributed by atoms with Gasteiger partial charge in [-0.3, -0.25) is 9.59 Å². The molecule has 0 heterocycles. The molecule has 1 saturated carbocycles. The highest BCUT2D eigenvalue weighted by Gasteiger charge is 2.26. The van der Waals surface area contributed by atoms with E-state index in [0.717, 1.165) is 5.56 Å². The summed E-state index contributed by atoms with van der Waals surface area (Å²) in [7, 11) is 0. The number of aliphatic hydroxyl groups is 3. The van der Waals surface area contributed by atoms with Gasteiger partial charge in [-0.2, -0.15) is 0 Å². The van der Waals surface area contributed by atoms with E-state index in [1.807, 2.05) is 30.3 Å². The number of hydrogen-bond donors (Lipinski definition) is 3. The van der Waals surface area contributed by atoms with Crippen LogP contribution in [-0.4, -0.2) is 46.7 Å². The van der Waals surface area contributed by atoms with E-state index in [2.05, 4.69) is 0 Å². The molecule has 2 rings (SSSR count). The molecule has 1 aromatic carbocycles. The Bertz CT molecular complexity index is 455. The Hall–Kier alpha value is -1.56. The van der Waals surface area contributed by atoms with Gasteiger partial charge in [0.25, 0.3) is 0 Å². The van der Waals surface area contributed by atoms with Crippen molar-refractivity contribution in [1.29, 1.82) is 0 Å². The van der Waals surface area contributed by atoms with Crippen LogP contribution in [0.2, 0.25) is 0 Å². The van der Waals surface area contributed by atoms with Crippen molar-refractivity contribution in [3.8, 4) is 0 Å². The molecule has 0 atom stereocenters. The molecule has 0 aliphatic heterocycles. The quantitative estimate of drug-likeness (QED) is 0.723. The Labute approximate surface area is 130 Å². The van der Waals surface area contributed by atoms with Crippen LogP contribution >= 0.6 is 0 Å². The van der Waals surface area contributed by atoms with E-state index >= 15 is 0 Å². The summed E-state index contributed by atoms with van der Waals surface area (Å²) in [5.41, 5.74) is 0.397. The third-order valence-corrected chi connectivity index (χ3v) is 3.76. The van der Waals surface area contributed by atoms with E-state index in [-0.39, 0.29) is 43.7 Å². The Kier molecular flexibility index (Phi) is 7.38. The van der Waals surface area contributed by atoms with Crippen LogP contribution in [0.3, 0.4) is 0 Å². The van der Waals surface area contributed by atoms with Gasteiger partial charge in [-0.25, -0.2) is 0 Å². The zero-order chi connectivity index (χ0) is 16.6. The first-order valence-electron chi connectivity index (χ1n) is 7.35. The predicted octanol–water partition coefficient (Wildman–Crippen LogP) is 1.06. The SMILES string of the molecule is CC(CO)(CO)CO.O=C1CC(=O)CC(c2ccccc2)C1. The number of ketones is 2. The minimum absolute atomic E-state index is 0.0788. The van der Waals surface area contributed by atoms with Gasteiger partial charge in [0.15, 0.2) is 0 Å². The standard InChI is InChI=1S/C12H12O2.C5H12O3/c13-11-6-10(7-12(14)8-11)9-4-2-1-3-5-9;1-5(2-6,3-7)4-8/h1-5,10H,6-8H2;6-8H,2-4H2,1H3. The Balaban J connectivity index is 0.000000261. The Morgan fingerprint density at radius 3 is 1.77 bits per heavy atom. The van der Waals surface area contributed by atoms with Crippen LogP contribution in [0, 0.1) is 5.41 Å². The topological polar surface area (TPSA) is 94.8 Å². The van der Waals surface area contributed by atoms with E-state index in [1.165, 1.54) is 0 Å². The number of aliphatic hydroxyl groups excluding tert-OH is 3. The molecule has 0 amide bonds. The summed E-state index contributed by atoms with van der Waals surface area (Å²) in [6.07, 6.45) is 1.19. The molecule has 22 heavy (non-hydrogen) atoms. The molecular weight excluding hydrogens is 284 g/mol. The highest BCUT2D eigenvalue weighted by atomic mass is 16.3. The second-order valence-corrected chi connectivity index (χ2v) is 6.05. The van der Waals surface area contributed by atoms with Crippen molar-refractivity contribution in [2.75, 3.05) is 19.8 Å². The summed E-state index contributed by atoms with van der Waals surface area (Å²) in [6.45, 7) is 1.06. The van der Waals surface area contributed by atoms with Crippen molar-refractivity contribution >= 4 is 11.6 Å². The first-order chi connectivity index (χ1) is 10.4. The number of hydrogen-bond acceptors (Lipinski definition) is 5. The zero-order valence-electron chi connectivity index (χ0n) is 12.9. The van der Waals surface area contributed by atoms with Crippen molar-refractivity contribution in [2.45, 2.75) is 32.1 Å². The molecule has 1 aliphatic rings. The molecule has 0 radical (unpaired) electrons. The molecule has 5 heteroatoms. The van der Waals surface area contributed by atoms with Crippen LogP contribution in [0.25, 0.3) is 0 Å². The minimum atomic E-state index is -0.708. The van der Waals surface area contributed by atoms with Crippen LogP contribution in [0.4, 0.5) is 0 Å². The van der Waals surface area contributed by atoms with E-state index in [1.54, 1.807) is 6.92 Å². The predicted molar refractivity (Wildman–Crippen MR) is 82.4 cm³/mol. The lowest BCUT2D eigenvalue weighted by atomic mass is 9.83. The summed E-state index contributed by atoms with van der Waals surface area (Å²) in [6, 6.07) is 9.79. The van der Waals surface area contributed by atoms with Crippen LogP contribution in [0.1, 0.15) is 37.7 Å². The van der Waals surface area contributed by atoms with Crippen LogP contribution < -0.4 is 0 Å². The zero-order valence-corrected chi connectivity index (χ0v) is 12.9. The van der Waals surface area contributed by atoms with E-state index in [0.29, 0.717) is 12.8 Å². The van der Waals surface area contributed by atoms with E-state index < -0.39 is 5.41 Å². The molecule has 1 fully saturated rings. The van der Waals surface area contributed by atoms with Crippen LogP contribution in [0.15, 0.2) is 30.3 Å². The first kappa shape index (κ1) is 18.5. The molecule has 0 spiro atoms. The lowest BCUT2D eigenvalue weighted by Gasteiger charge is -2.20. The maximum Gasteiger partial charge on any atom is 0.140 e. The van der Waals surface area contributed by atoms with Crippen molar-refractivity contribution in [3.63, 3.8) is 0 Å². The summed E-state index contributed by atoms with van der Waals surface area (Å²) < 4.78 is 0. The molecule has 1 aliphatic carbocycles. The fourth-order valence-corrected chi connectivity index (χ4v) is 2.10. The molecule has 0 bridgehead atoms. The second kappa shape index (κ2) is 8.78. The van der Waals surface area contributed by atoms with E-state index in [9.17, 15) is 9.59 Å². The number of benzene rings is 1. The summed E-state index contributed by atoms with van der Waals surface area (Å²) in [5.74, 6) is 0.273. The van der Waals surface area contributed by atoms with Crippen molar-refractivity contribution in [1.82, 2.24) is 0 Å². The van der Waals surface area contributed by atoms with Crippen molar-refractivity contribution < 1.29 is 24.9 Å². The number of Topliss-reactive ketones (excluding diaryl/α,β-unsaturated/α-hetero) is 2. The van der Waals surface area contributed by atoms with Gasteiger partial charge in [0.2, 0.25) is 0 Å². The molecule has 0 unspecified atom stereocenters. The van der Waals surface area contributed by atoms with Crippen molar-refractivity contribution in [3.05, 3.63) is 35.9 Å². The minimum Gasteiger partial charge on any atom is -0.396 e. The number of rotatable bonds is 4. The highest BCUT2D eigenvalue weighted by molar-refractivity contribution is 6.02. The molecule has 3 N–H and O–H groups in total. The van der Waals surface area contributed by atoms with Gasteiger partial charge in [-0.15, -0.1) is 0 Å². The molecule has 0 aromatic heterocycles. The maximum absolute atomic E-state index is 11.2. The highest BCUT2D eigenvalue weighted by Crippen LogP contribution is 2.28. The molecule has 5 nitrogen and oxygen atoms in total. The summed E-state index contributed by atoms with van der Waals surface area (Å²) in [5, 5.41) is 25.4. The Morgan fingerprint density at radius 1 is 0.955 bits per heavy atom. The third-order valence-electron chi connectivity index (χ3n) is 3.76.